The molecule has 6 nitrogen and oxygen atoms in total. The minimum absolute atomic E-state index is 0.131. The van der Waals surface area contributed by atoms with Crippen LogP contribution >= 0.6 is 15.9 Å². The van der Waals surface area contributed by atoms with Crippen molar-refractivity contribution in [3.05, 3.63) is 94.0 Å². The highest BCUT2D eigenvalue weighted by molar-refractivity contribution is 9.10. The number of nitrogens with zero attached hydrogens (tertiary/aromatic N) is 1. The molecule has 31 heavy (non-hydrogen) atoms. The van der Waals surface area contributed by atoms with Gasteiger partial charge in [0.05, 0.1) is 11.8 Å². The molecule has 3 aromatic carbocycles. The highest BCUT2D eigenvalue weighted by Crippen LogP contribution is 2.16. The molecule has 0 unspecified atom stereocenters. The quantitative estimate of drug-likeness (QED) is 0.218. The second-order valence-corrected chi connectivity index (χ2v) is 7.46. The smallest absolute Gasteiger partial charge is 0.343 e. The van der Waals surface area contributed by atoms with Crippen LogP contribution in [0.25, 0.3) is 0 Å². The van der Waals surface area contributed by atoms with E-state index in [1.165, 1.54) is 11.8 Å². The molecule has 158 valence electrons. The topological polar surface area (TPSA) is 77.0 Å². The Kier molecular flexibility index (Phi) is 7.95. The van der Waals surface area contributed by atoms with Crippen LogP contribution in [0, 0.1) is 0 Å². The average molecular weight is 481 g/mol. The Hall–Kier alpha value is -3.45. The second-order valence-electron chi connectivity index (χ2n) is 6.54. The van der Waals surface area contributed by atoms with Crippen molar-refractivity contribution < 1.29 is 19.1 Å². The van der Waals surface area contributed by atoms with E-state index in [4.69, 9.17) is 9.47 Å². The number of amides is 1. The Bertz CT molecular complexity index is 1050. The van der Waals surface area contributed by atoms with Gasteiger partial charge in [-0.2, -0.15) is 5.10 Å². The number of hydrazone groups is 1. The van der Waals surface area contributed by atoms with E-state index in [0.717, 1.165) is 16.5 Å². The first-order valence-corrected chi connectivity index (χ1v) is 10.4. The maximum Gasteiger partial charge on any atom is 0.343 e. The molecule has 3 aromatic rings. The normalized spacial score (nSPS) is 10.6. The van der Waals surface area contributed by atoms with E-state index in [-0.39, 0.29) is 12.5 Å². The predicted molar refractivity (Wildman–Crippen MR) is 123 cm³/mol. The fourth-order valence-corrected chi connectivity index (χ4v) is 2.82. The van der Waals surface area contributed by atoms with Crippen molar-refractivity contribution in [3.8, 4) is 11.5 Å². The third kappa shape index (κ3) is 7.08. The third-order valence-corrected chi connectivity index (χ3v) is 4.80. The molecule has 1 N–H and O–H groups in total. The molecule has 0 saturated carbocycles. The molecule has 0 heterocycles. The number of halogens is 1. The highest BCUT2D eigenvalue weighted by atomic mass is 79.9. The Morgan fingerprint density at radius 1 is 0.935 bits per heavy atom. The standard InChI is InChI=1S/C24H21BrN2O4/c1-2-17-3-11-21(12-4-17)30-16-23(28)27-26-15-18-5-13-22(14-6-18)31-24(29)19-7-9-20(25)10-8-19/h3-15H,2,16H2,1H3,(H,27,28). The van der Waals surface area contributed by atoms with Gasteiger partial charge in [0.25, 0.3) is 5.91 Å². The van der Waals surface area contributed by atoms with Gasteiger partial charge in [0.2, 0.25) is 0 Å². The Balaban J connectivity index is 1.44. The van der Waals surface area contributed by atoms with Gasteiger partial charge in [0.1, 0.15) is 11.5 Å². The molecule has 0 aliphatic heterocycles. The lowest BCUT2D eigenvalue weighted by molar-refractivity contribution is -0.123. The lowest BCUT2D eigenvalue weighted by Crippen LogP contribution is -2.24. The summed E-state index contributed by atoms with van der Waals surface area (Å²) in [6.45, 7) is 1.94. The molecule has 0 radical (unpaired) electrons. The number of ether oxygens (including phenoxy) is 2. The van der Waals surface area contributed by atoms with Crippen LogP contribution in [0.1, 0.15) is 28.4 Å². The molecule has 0 aliphatic rings. The Labute approximate surface area is 189 Å². The van der Waals surface area contributed by atoms with Crippen LogP contribution in [0.15, 0.2) is 82.4 Å². The van der Waals surface area contributed by atoms with E-state index >= 15 is 0 Å². The van der Waals surface area contributed by atoms with Gasteiger partial charge in [-0.05, 0) is 78.2 Å². The Morgan fingerprint density at radius 2 is 1.58 bits per heavy atom. The van der Waals surface area contributed by atoms with Crippen LogP contribution in [-0.4, -0.2) is 24.7 Å². The molecule has 1 amide bonds. The number of aryl methyl sites for hydroxylation is 1. The largest absolute Gasteiger partial charge is 0.484 e. The van der Waals surface area contributed by atoms with Crippen LogP contribution in [0.3, 0.4) is 0 Å². The van der Waals surface area contributed by atoms with Crippen LogP contribution in [-0.2, 0) is 11.2 Å². The molecular weight excluding hydrogens is 460 g/mol. The minimum atomic E-state index is -0.439. The number of rotatable bonds is 8. The molecule has 0 aromatic heterocycles. The van der Waals surface area contributed by atoms with Crippen LogP contribution in [0.4, 0.5) is 0 Å². The maximum atomic E-state index is 12.1. The number of carbonyl (C=O) groups excluding carboxylic acids is 2. The minimum Gasteiger partial charge on any atom is -0.484 e. The van der Waals surface area contributed by atoms with Crippen LogP contribution in [0.5, 0.6) is 11.5 Å². The third-order valence-electron chi connectivity index (χ3n) is 4.27. The molecule has 0 atom stereocenters. The monoisotopic (exact) mass is 480 g/mol. The van der Waals surface area contributed by atoms with Gasteiger partial charge in [-0.1, -0.05) is 35.0 Å². The van der Waals surface area contributed by atoms with Crippen LogP contribution < -0.4 is 14.9 Å². The van der Waals surface area contributed by atoms with Gasteiger partial charge in [0, 0.05) is 4.47 Å². The molecule has 0 spiro atoms. The van der Waals surface area contributed by atoms with Gasteiger partial charge in [0.15, 0.2) is 6.61 Å². The van der Waals surface area contributed by atoms with E-state index in [1.54, 1.807) is 48.5 Å². The number of nitrogens with one attached hydrogen (secondary N) is 1. The molecule has 0 bridgehead atoms. The SMILES string of the molecule is CCc1ccc(OCC(=O)NN=Cc2ccc(OC(=O)c3ccc(Br)cc3)cc2)cc1. The van der Waals surface area contributed by atoms with E-state index in [9.17, 15) is 9.59 Å². The van der Waals surface area contributed by atoms with E-state index in [0.29, 0.717) is 17.1 Å². The Morgan fingerprint density at radius 3 is 2.23 bits per heavy atom. The van der Waals surface area contributed by atoms with Crippen molar-refractivity contribution in [3.63, 3.8) is 0 Å². The summed E-state index contributed by atoms with van der Waals surface area (Å²) in [6.07, 6.45) is 2.44. The van der Waals surface area contributed by atoms with Crippen molar-refractivity contribution in [2.24, 2.45) is 5.10 Å². The van der Waals surface area contributed by atoms with Crippen molar-refractivity contribution in [2.45, 2.75) is 13.3 Å². The van der Waals surface area contributed by atoms with Gasteiger partial charge in [-0.25, -0.2) is 10.2 Å². The maximum absolute atomic E-state index is 12.1. The van der Waals surface area contributed by atoms with Crippen molar-refractivity contribution >= 4 is 34.0 Å². The van der Waals surface area contributed by atoms with Crippen LogP contribution in [0.2, 0.25) is 0 Å². The first-order chi connectivity index (χ1) is 15.0. The molecule has 0 saturated heterocycles. The van der Waals surface area contributed by atoms with E-state index in [2.05, 4.69) is 33.4 Å². The first kappa shape index (κ1) is 22.2. The first-order valence-electron chi connectivity index (χ1n) is 9.65. The van der Waals surface area contributed by atoms with Crippen molar-refractivity contribution in [2.75, 3.05) is 6.61 Å². The summed E-state index contributed by atoms with van der Waals surface area (Å²) >= 11 is 3.33. The van der Waals surface area contributed by atoms with Gasteiger partial charge in [-0.3, -0.25) is 4.79 Å². The summed E-state index contributed by atoms with van der Waals surface area (Å²) < 4.78 is 11.7. The summed E-state index contributed by atoms with van der Waals surface area (Å²) in [5, 5.41) is 3.91. The molecule has 0 fully saturated rings. The van der Waals surface area contributed by atoms with Gasteiger partial charge < -0.3 is 9.47 Å². The number of carbonyl (C=O) groups is 2. The molecular formula is C24H21BrN2O4. The summed E-state index contributed by atoms with van der Waals surface area (Å²) in [4.78, 5) is 24.0. The highest BCUT2D eigenvalue weighted by Gasteiger charge is 2.08. The van der Waals surface area contributed by atoms with E-state index in [1.807, 2.05) is 24.3 Å². The van der Waals surface area contributed by atoms with Gasteiger partial charge >= 0.3 is 5.97 Å². The van der Waals surface area contributed by atoms with Crippen molar-refractivity contribution in [1.82, 2.24) is 5.43 Å². The number of benzene rings is 3. The summed E-state index contributed by atoms with van der Waals surface area (Å²) in [6, 6.07) is 21.3. The number of hydrogen-bond donors (Lipinski definition) is 1. The fraction of sp³-hybridized carbons (Fsp3) is 0.125. The lowest BCUT2D eigenvalue weighted by Gasteiger charge is -2.06. The second kappa shape index (κ2) is 11.1. The predicted octanol–water partition coefficient (Wildman–Crippen LogP) is 4.76. The molecule has 0 aliphatic carbocycles. The number of esters is 1. The zero-order chi connectivity index (χ0) is 22.1. The zero-order valence-electron chi connectivity index (χ0n) is 16.9. The fourth-order valence-electron chi connectivity index (χ4n) is 2.56. The number of hydrogen-bond acceptors (Lipinski definition) is 5. The molecule has 7 heteroatoms. The van der Waals surface area contributed by atoms with Gasteiger partial charge in [-0.15, -0.1) is 0 Å². The summed E-state index contributed by atoms with van der Waals surface area (Å²) in [5.41, 5.74) is 4.81. The molecule has 3 rings (SSSR count). The lowest BCUT2D eigenvalue weighted by atomic mass is 10.2. The van der Waals surface area contributed by atoms with Crippen molar-refractivity contribution in [1.29, 1.82) is 0 Å². The summed E-state index contributed by atoms with van der Waals surface area (Å²) in [5.74, 6) is 0.238. The zero-order valence-corrected chi connectivity index (χ0v) is 18.5. The summed E-state index contributed by atoms with van der Waals surface area (Å²) in [7, 11) is 0. The van der Waals surface area contributed by atoms with E-state index < -0.39 is 5.97 Å². The average Bonchev–Trinajstić information content (AvgIpc) is 2.79.